The SMILES string of the molecule is C[C@@H]1CN(S(=O)(=O)c2cc(C(=O)N[C@H](C)c3cccnc3)ccc2Cl)C[C@H](C)O1. The molecular formula is C20H24ClN3O4S. The van der Waals surface area contributed by atoms with Gasteiger partial charge in [0.2, 0.25) is 10.0 Å². The van der Waals surface area contributed by atoms with Crippen LogP contribution in [0.1, 0.15) is 42.7 Å². The Morgan fingerprint density at radius 1 is 1.28 bits per heavy atom. The first-order valence-corrected chi connectivity index (χ1v) is 11.2. The molecule has 9 heteroatoms. The number of pyridine rings is 1. The first-order valence-electron chi connectivity index (χ1n) is 9.34. The number of nitrogens with one attached hydrogen (secondary N) is 1. The fraction of sp³-hybridized carbons (Fsp3) is 0.400. The van der Waals surface area contributed by atoms with Gasteiger partial charge in [-0.25, -0.2) is 8.42 Å². The van der Waals surface area contributed by atoms with Crippen LogP contribution in [0, 0.1) is 0 Å². The van der Waals surface area contributed by atoms with E-state index in [1.54, 1.807) is 18.5 Å². The summed E-state index contributed by atoms with van der Waals surface area (Å²) in [6.45, 7) is 5.95. The number of hydrogen-bond acceptors (Lipinski definition) is 5. The quantitative estimate of drug-likeness (QED) is 0.776. The molecule has 0 spiro atoms. The first-order chi connectivity index (χ1) is 13.7. The highest BCUT2D eigenvalue weighted by Gasteiger charge is 2.34. The zero-order valence-corrected chi connectivity index (χ0v) is 18.1. The molecule has 2 heterocycles. The Morgan fingerprint density at radius 2 is 1.97 bits per heavy atom. The fourth-order valence-electron chi connectivity index (χ4n) is 3.30. The van der Waals surface area contributed by atoms with Crippen LogP contribution in [0.3, 0.4) is 0 Å². The molecular weight excluding hydrogens is 414 g/mol. The third-order valence-electron chi connectivity index (χ3n) is 4.73. The Morgan fingerprint density at radius 3 is 2.59 bits per heavy atom. The van der Waals surface area contributed by atoms with Crippen molar-refractivity contribution in [3.8, 4) is 0 Å². The number of rotatable bonds is 5. The molecule has 0 radical (unpaired) electrons. The lowest BCUT2D eigenvalue weighted by Gasteiger charge is -2.34. The lowest BCUT2D eigenvalue weighted by Crippen LogP contribution is -2.48. The predicted octanol–water partition coefficient (Wildman–Crippen LogP) is 3.02. The normalized spacial score (nSPS) is 21.5. The molecule has 1 aliphatic rings. The molecule has 0 aliphatic carbocycles. The molecule has 1 fully saturated rings. The van der Waals surface area contributed by atoms with Gasteiger partial charge in [-0.05, 0) is 50.6 Å². The largest absolute Gasteiger partial charge is 0.373 e. The lowest BCUT2D eigenvalue weighted by molar-refractivity contribution is -0.0440. The van der Waals surface area contributed by atoms with Crippen LogP contribution >= 0.6 is 11.6 Å². The molecule has 1 saturated heterocycles. The van der Waals surface area contributed by atoms with Crippen molar-refractivity contribution in [3.05, 3.63) is 58.9 Å². The third kappa shape index (κ3) is 4.95. The number of aromatic nitrogens is 1. The number of halogens is 1. The van der Waals surface area contributed by atoms with Crippen molar-refractivity contribution in [2.45, 2.75) is 43.9 Å². The van der Waals surface area contributed by atoms with E-state index in [2.05, 4.69) is 10.3 Å². The van der Waals surface area contributed by atoms with E-state index in [-0.39, 0.29) is 46.8 Å². The average Bonchev–Trinajstić information content (AvgIpc) is 2.68. The minimum absolute atomic E-state index is 0.0775. The summed E-state index contributed by atoms with van der Waals surface area (Å²) in [7, 11) is -3.86. The van der Waals surface area contributed by atoms with Crippen molar-refractivity contribution >= 4 is 27.5 Å². The van der Waals surface area contributed by atoms with E-state index in [1.807, 2.05) is 26.8 Å². The Bertz CT molecular complexity index is 974. The van der Waals surface area contributed by atoms with Crippen LogP contribution in [0.25, 0.3) is 0 Å². The number of amides is 1. The van der Waals surface area contributed by atoms with E-state index in [0.29, 0.717) is 0 Å². The fourth-order valence-corrected chi connectivity index (χ4v) is 5.39. The molecule has 1 N–H and O–H groups in total. The molecule has 1 amide bonds. The highest BCUT2D eigenvalue weighted by Crippen LogP contribution is 2.28. The van der Waals surface area contributed by atoms with Crippen LogP contribution < -0.4 is 5.32 Å². The summed E-state index contributed by atoms with van der Waals surface area (Å²) in [6.07, 6.45) is 2.88. The summed E-state index contributed by atoms with van der Waals surface area (Å²) < 4.78 is 33.3. The Kier molecular flexibility index (Phi) is 6.58. The second-order valence-corrected chi connectivity index (χ2v) is 9.52. The highest BCUT2D eigenvalue weighted by atomic mass is 35.5. The van der Waals surface area contributed by atoms with E-state index in [0.717, 1.165) is 5.56 Å². The van der Waals surface area contributed by atoms with Crippen molar-refractivity contribution in [1.82, 2.24) is 14.6 Å². The molecule has 1 aliphatic heterocycles. The van der Waals surface area contributed by atoms with Crippen LogP contribution in [0.15, 0.2) is 47.6 Å². The minimum Gasteiger partial charge on any atom is -0.373 e. The molecule has 0 unspecified atom stereocenters. The monoisotopic (exact) mass is 437 g/mol. The van der Waals surface area contributed by atoms with Gasteiger partial charge < -0.3 is 10.1 Å². The Balaban J connectivity index is 1.85. The van der Waals surface area contributed by atoms with Gasteiger partial charge in [-0.2, -0.15) is 4.31 Å². The predicted molar refractivity (Wildman–Crippen MR) is 110 cm³/mol. The minimum atomic E-state index is -3.86. The molecule has 29 heavy (non-hydrogen) atoms. The van der Waals surface area contributed by atoms with Crippen LogP contribution in [0.5, 0.6) is 0 Å². The third-order valence-corrected chi connectivity index (χ3v) is 7.04. The number of benzene rings is 1. The van der Waals surface area contributed by atoms with E-state index in [9.17, 15) is 13.2 Å². The summed E-state index contributed by atoms with van der Waals surface area (Å²) in [4.78, 5) is 16.7. The summed E-state index contributed by atoms with van der Waals surface area (Å²) >= 11 is 6.20. The summed E-state index contributed by atoms with van der Waals surface area (Å²) in [5.41, 5.74) is 1.07. The van der Waals surface area contributed by atoms with E-state index >= 15 is 0 Å². The number of nitrogens with zero attached hydrogens (tertiary/aromatic N) is 2. The molecule has 3 rings (SSSR count). The van der Waals surface area contributed by atoms with E-state index in [4.69, 9.17) is 16.3 Å². The molecule has 2 aromatic rings. The average molecular weight is 438 g/mol. The number of carbonyl (C=O) groups excluding carboxylic acids is 1. The second-order valence-electron chi connectivity index (χ2n) is 7.21. The maximum atomic E-state index is 13.2. The number of hydrogen-bond donors (Lipinski definition) is 1. The summed E-state index contributed by atoms with van der Waals surface area (Å²) in [5, 5.41) is 2.93. The summed E-state index contributed by atoms with van der Waals surface area (Å²) in [5.74, 6) is -0.391. The van der Waals surface area contributed by atoms with Gasteiger partial charge >= 0.3 is 0 Å². The zero-order valence-electron chi connectivity index (χ0n) is 16.5. The number of sulfonamides is 1. The first kappa shape index (κ1) is 21.7. The van der Waals surface area contributed by atoms with Crippen molar-refractivity contribution in [3.63, 3.8) is 0 Å². The molecule has 1 aromatic carbocycles. The highest BCUT2D eigenvalue weighted by molar-refractivity contribution is 7.89. The molecule has 7 nitrogen and oxygen atoms in total. The molecule has 1 aromatic heterocycles. The van der Waals surface area contributed by atoms with Crippen molar-refractivity contribution in [2.75, 3.05) is 13.1 Å². The maximum Gasteiger partial charge on any atom is 0.251 e. The molecule has 0 bridgehead atoms. The van der Waals surface area contributed by atoms with E-state index < -0.39 is 15.9 Å². The Labute approximate surface area is 176 Å². The van der Waals surface area contributed by atoms with Gasteiger partial charge in [-0.15, -0.1) is 0 Å². The number of carbonyl (C=O) groups is 1. The Hall–Kier alpha value is -2.00. The van der Waals surface area contributed by atoms with Gasteiger partial charge in [0, 0.05) is 31.0 Å². The number of morpholine rings is 1. The van der Waals surface area contributed by atoms with Crippen LogP contribution in [0.4, 0.5) is 0 Å². The molecule has 156 valence electrons. The summed E-state index contributed by atoms with van der Waals surface area (Å²) in [6, 6.07) is 7.63. The number of ether oxygens (including phenoxy) is 1. The van der Waals surface area contributed by atoms with Gasteiger partial charge in [-0.1, -0.05) is 17.7 Å². The second kappa shape index (κ2) is 8.79. The topological polar surface area (TPSA) is 88.6 Å². The van der Waals surface area contributed by atoms with Crippen molar-refractivity contribution < 1.29 is 17.9 Å². The lowest BCUT2D eigenvalue weighted by atomic mass is 10.1. The standard InChI is InChI=1S/C20H24ClN3O4S/c1-13-11-24(12-14(2)28-13)29(26,27)19-9-16(6-7-18(19)21)20(25)23-15(3)17-5-4-8-22-10-17/h4-10,13-15H,11-12H2,1-3H3,(H,23,25)/t13-,14+,15-/m1/s1. The van der Waals surface area contributed by atoms with E-state index in [1.165, 1.54) is 22.5 Å². The molecule has 0 saturated carbocycles. The van der Waals surface area contributed by atoms with Gasteiger partial charge in [0.1, 0.15) is 4.90 Å². The van der Waals surface area contributed by atoms with Crippen LogP contribution in [-0.4, -0.2) is 48.9 Å². The van der Waals surface area contributed by atoms with Crippen LogP contribution in [-0.2, 0) is 14.8 Å². The van der Waals surface area contributed by atoms with Crippen molar-refractivity contribution in [2.24, 2.45) is 0 Å². The van der Waals surface area contributed by atoms with Gasteiger partial charge in [-0.3, -0.25) is 9.78 Å². The van der Waals surface area contributed by atoms with Gasteiger partial charge in [0.15, 0.2) is 0 Å². The maximum absolute atomic E-state index is 13.2. The van der Waals surface area contributed by atoms with Gasteiger partial charge in [0.05, 0.1) is 23.3 Å². The smallest absolute Gasteiger partial charge is 0.251 e. The zero-order chi connectivity index (χ0) is 21.2. The molecule has 3 atom stereocenters. The van der Waals surface area contributed by atoms with Crippen molar-refractivity contribution in [1.29, 1.82) is 0 Å². The van der Waals surface area contributed by atoms with Crippen LogP contribution in [0.2, 0.25) is 5.02 Å². The van der Waals surface area contributed by atoms with Gasteiger partial charge in [0.25, 0.3) is 5.91 Å².